The molecule has 0 atom stereocenters. The van der Waals surface area contributed by atoms with E-state index >= 15 is 0 Å². The Morgan fingerprint density at radius 2 is 1.58 bits per heavy atom. The van der Waals surface area contributed by atoms with Gasteiger partial charge < -0.3 is 9.72 Å². The third-order valence-electron chi connectivity index (χ3n) is 4.11. The number of amides is 2. The minimum atomic E-state index is -4.75. The predicted molar refractivity (Wildman–Crippen MR) is 105 cm³/mol. The second-order valence-corrected chi connectivity index (χ2v) is 6.27. The van der Waals surface area contributed by atoms with Crippen LogP contribution in [0.3, 0.4) is 0 Å². The third kappa shape index (κ3) is 5.50. The van der Waals surface area contributed by atoms with E-state index in [2.05, 4.69) is 0 Å². The number of halogens is 3. The molecule has 0 aliphatic carbocycles. The number of carbonyl (C=O) groups is 2. The largest absolute Gasteiger partial charge is 0.483 e. The zero-order valence-corrected chi connectivity index (χ0v) is 15.8. The van der Waals surface area contributed by atoms with Crippen LogP contribution in [0.15, 0.2) is 71.5 Å². The van der Waals surface area contributed by atoms with Gasteiger partial charge in [-0.1, -0.05) is 48.5 Å². The van der Waals surface area contributed by atoms with E-state index in [0.717, 1.165) is 17.2 Å². The Kier molecular flexibility index (Phi) is 6.39. The number of hydrogen-bond donors (Lipinski definition) is 3. The van der Waals surface area contributed by atoms with Crippen LogP contribution in [0.5, 0.6) is 5.75 Å². The van der Waals surface area contributed by atoms with Crippen LogP contribution >= 0.6 is 0 Å². The van der Waals surface area contributed by atoms with E-state index in [1.165, 1.54) is 0 Å². The summed E-state index contributed by atoms with van der Waals surface area (Å²) in [7, 11) is 0. The minimum Gasteiger partial charge on any atom is -0.483 e. The lowest BCUT2D eigenvalue weighted by Gasteiger charge is -2.12. The van der Waals surface area contributed by atoms with Crippen molar-refractivity contribution in [3.63, 3.8) is 0 Å². The highest BCUT2D eigenvalue weighted by molar-refractivity contribution is 5.95. The molecule has 0 aliphatic heterocycles. The van der Waals surface area contributed by atoms with Crippen LogP contribution in [0.2, 0.25) is 0 Å². The van der Waals surface area contributed by atoms with E-state index in [4.69, 9.17) is 4.74 Å². The molecule has 3 aromatic rings. The number of nitrogens with one attached hydrogen (secondary N) is 3. The number of H-pyrrole nitrogens is 1. The van der Waals surface area contributed by atoms with Crippen molar-refractivity contribution in [2.75, 3.05) is 6.61 Å². The Bertz CT molecular complexity index is 1140. The summed E-state index contributed by atoms with van der Waals surface area (Å²) >= 11 is 0. The summed E-state index contributed by atoms with van der Waals surface area (Å²) in [5.41, 5.74) is 2.52. The van der Waals surface area contributed by atoms with Gasteiger partial charge in [-0.25, -0.2) is 0 Å². The van der Waals surface area contributed by atoms with Gasteiger partial charge in [0.05, 0.1) is 0 Å². The van der Waals surface area contributed by atoms with E-state index in [-0.39, 0.29) is 0 Å². The van der Waals surface area contributed by atoms with Gasteiger partial charge in [-0.2, -0.15) is 13.2 Å². The van der Waals surface area contributed by atoms with Gasteiger partial charge in [-0.15, -0.1) is 0 Å². The van der Waals surface area contributed by atoms with Crippen LogP contribution in [0.1, 0.15) is 16.1 Å². The fourth-order valence-electron chi connectivity index (χ4n) is 2.64. The molecule has 0 unspecified atom stereocenters. The molecule has 2 amide bonds. The maximum Gasteiger partial charge on any atom is 0.431 e. The number of aromatic amines is 1. The number of ether oxygens (including phenoxy) is 1. The van der Waals surface area contributed by atoms with Crippen molar-refractivity contribution in [3.05, 3.63) is 88.3 Å². The Morgan fingerprint density at radius 3 is 2.26 bits per heavy atom. The normalized spacial score (nSPS) is 10.9. The number of rotatable bonds is 5. The highest BCUT2D eigenvalue weighted by Crippen LogP contribution is 2.29. The fourth-order valence-corrected chi connectivity index (χ4v) is 2.64. The van der Waals surface area contributed by atoms with E-state index in [0.29, 0.717) is 11.8 Å². The first-order chi connectivity index (χ1) is 14.8. The SMILES string of the molecule is O=C(COc1ccccc1-c1ccccc1)NNC(=O)c1ccc(C(F)(F)F)[nH]c1=O. The molecule has 0 saturated carbocycles. The summed E-state index contributed by atoms with van der Waals surface area (Å²) < 4.78 is 43.2. The summed E-state index contributed by atoms with van der Waals surface area (Å²) in [4.78, 5) is 37.2. The zero-order valence-electron chi connectivity index (χ0n) is 15.8. The van der Waals surface area contributed by atoms with Gasteiger partial charge in [0.1, 0.15) is 17.0 Å². The molecule has 10 heteroatoms. The summed E-state index contributed by atoms with van der Waals surface area (Å²) in [5.74, 6) is -1.37. The van der Waals surface area contributed by atoms with E-state index in [9.17, 15) is 27.6 Å². The number of hydrazine groups is 1. The molecule has 1 aromatic heterocycles. The molecular formula is C21H16F3N3O4. The predicted octanol–water partition coefficient (Wildman–Crippen LogP) is 2.90. The number of alkyl halides is 3. The quantitative estimate of drug-likeness (QED) is 0.541. The minimum absolute atomic E-state index is 0.439. The van der Waals surface area contributed by atoms with Gasteiger partial charge in [0.2, 0.25) is 0 Å². The average molecular weight is 431 g/mol. The Labute approximate surface area is 173 Å². The van der Waals surface area contributed by atoms with Crippen LogP contribution in [0, 0.1) is 0 Å². The van der Waals surface area contributed by atoms with Gasteiger partial charge >= 0.3 is 6.18 Å². The fraction of sp³-hybridized carbons (Fsp3) is 0.0952. The summed E-state index contributed by atoms with van der Waals surface area (Å²) in [6.07, 6.45) is -4.75. The van der Waals surface area contributed by atoms with Crippen LogP contribution in [-0.4, -0.2) is 23.4 Å². The molecule has 0 saturated heterocycles. The third-order valence-corrected chi connectivity index (χ3v) is 4.11. The maximum atomic E-state index is 12.6. The van der Waals surface area contributed by atoms with Crippen molar-refractivity contribution in [3.8, 4) is 16.9 Å². The number of para-hydroxylation sites is 1. The van der Waals surface area contributed by atoms with E-state index in [1.54, 1.807) is 17.1 Å². The lowest BCUT2D eigenvalue weighted by atomic mass is 10.1. The van der Waals surface area contributed by atoms with Crippen LogP contribution < -0.4 is 21.1 Å². The second-order valence-electron chi connectivity index (χ2n) is 6.27. The Morgan fingerprint density at radius 1 is 0.903 bits per heavy atom. The Balaban J connectivity index is 1.58. The summed E-state index contributed by atoms with van der Waals surface area (Å²) in [5, 5.41) is 0. The monoisotopic (exact) mass is 431 g/mol. The zero-order chi connectivity index (χ0) is 22.4. The molecule has 0 spiro atoms. The highest BCUT2D eigenvalue weighted by atomic mass is 19.4. The molecule has 0 aliphatic rings. The van der Waals surface area contributed by atoms with Crippen molar-refractivity contribution < 1.29 is 27.5 Å². The molecule has 3 N–H and O–H groups in total. The topological polar surface area (TPSA) is 100 Å². The van der Waals surface area contributed by atoms with Crippen molar-refractivity contribution in [1.82, 2.24) is 15.8 Å². The molecule has 160 valence electrons. The van der Waals surface area contributed by atoms with Crippen molar-refractivity contribution in [2.24, 2.45) is 0 Å². The van der Waals surface area contributed by atoms with Crippen LogP contribution in [0.4, 0.5) is 13.2 Å². The molecule has 7 nitrogen and oxygen atoms in total. The second kappa shape index (κ2) is 9.16. The molecule has 0 radical (unpaired) electrons. The van der Waals surface area contributed by atoms with E-state index in [1.807, 2.05) is 53.3 Å². The first-order valence-corrected chi connectivity index (χ1v) is 8.92. The number of pyridine rings is 1. The molecule has 31 heavy (non-hydrogen) atoms. The van der Waals surface area contributed by atoms with Crippen LogP contribution in [-0.2, 0) is 11.0 Å². The van der Waals surface area contributed by atoms with Gasteiger partial charge in [-0.3, -0.25) is 25.2 Å². The Hall–Kier alpha value is -4.08. The molecule has 2 aromatic carbocycles. The lowest BCUT2D eigenvalue weighted by molar-refractivity contribution is -0.141. The molecule has 3 rings (SSSR count). The number of hydrogen-bond acceptors (Lipinski definition) is 4. The van der Waals surface area contributed by atoms with Crippen LogP contribution in [0.25, 0.3) is 11.1 Å². The van der Waals surface area contributed by atoms with Gasteiger partial charge in [0.15, 0.2) is 6.61 Å². The van der Waals surface area contributed by atoms with Gasteiger partial charge in [0, 0.05) is 5.56 Å². The van der Waals surface area contributed by atoms with Gasteiger partial charge in [-0.05, 0) is 23.8 Å². The summed E-state index contributed by atoms with van der Waals surface area (Å²) in [6, 6.07) is 17.7. The van der Waals surface area contributed by atoms with Crippen molar-refractivity contribution in [1.29, 1.82) is 0 Å². The number of carbonyl (C=O) groups excluding carboxylic acids is 2. The first-order valence-electron chi connectivity index (χ1n) is 8.92. The number of benzene rings is 2. The molecule has 0 bridgehead atoms. The highest BCUT2D eigenvalue weighted by Gasteiger charge is 2.32. The number of aromatic nitrogens is 1. The van der Waals surface area contributed by atoms with Crippen molar-refractivity contribution >= 4 is 11.8 Å². The standard InChI is InChI=1S/C21H16F3N3O4/c22-21(23,24)17-11-10-15(19(29)25-17)20(30)27-26-18(28)12-31-16-9-5-4-8-14(16)13-6-2-1-3-7-13/h1-11H,12H2,(H,25,29)(H,26,28)(H,27,30). The lowest BCUT2D eigenvalue weighted by Crippen LogP contribution is -2.45. The smallest absolute Gasteiger partial charge is 0.431 e. The van der Waals surface area contributed by atoms with E-state index < -0.39 is 41.4 Å². The average Bonchev–Trinajstić information content (AvgIpc) is 2.76. The maximum absolute atomic E-state index is 12.6. The first kappa shape index (κ1) is 21.6. The molecule has 0 fully saturated rings. The van der Waals surface area contributed by atoms with Crippen molar-refractivity contribution in [2.45, 2.75) is 6.18 Å². The summed E-state index contributed by atoms with van der Waals surface area (Å²) in [6.45, 7) is -0.451. The van der Waals surface area contributed by atoms with Gasteiger partial charge in [0.25, 0.3) is 17.4 Å². The molecular weight excluding hydrogens is 415 g/mol. The molecule has 1 heterocycles.